The van der Waals surface area contributed by atoms with Crippen LogP contribution in [0.3, 0.4) is 0 Å². The van der Waals surface area contributed by atoms with Crippen LogP contribution in [0.4, 0.5) is 0 Å². The predicted octanol–water partition coefficient (Wildman–Crippen LogP) is 0.441. The molecule has 0 aliphatic rings. The van der Waals surface area contributed by atoms with E-state index >= 15 is 0 Å². The van der Waals surface area contributed by atoms with E-state index in [1.807, 2.05) is 20.8 Å². The van der Waals surface area contributed by atoms with Gasteiger partial charge in [-0.05, 0) is 20.3 Å². The standard InChI is InChI=1S/C12H25N3O2/c1-6-7-15(9-11(17)14(4)5)10(16)8-12(2,3)13/h6-9,13H2,1-5H3. The Bertz CT molecular complexity index is 269. The number of carbonyl (C=O) groups excluding carboxylic acids is 2. The highest BCUT2D eigenvalue weighted by atomic mass is 16.2. The summed E-state index contributed by atoms with van der Waals surface area (Å²) < 4.78 is 0. The Morgan fingerprint density at radius 1 is 1.18 bits per heavy atom. The summed E-state index contributed by atoms with van der Waals surface area (Å²) >= 11 is 0. The molecular weight excluding hydrogens is 218 g/mol. The average Bonchev–Trinajstić information content (AvgIpc) is 2.13. The summed E-state index contributed by atoms with van der Waals surface area (Å²) in [4.78, 5) is 26.7. The molecule has 5 heteroatoms. The summed E-state index contributed by atoms with van der Waals surface area (Å²) in [6, 6.07) is 0. The van der Waals surface area contributed by atoms with Gasteiger partial charge in [-0.2, -0.15) is 0 Å². The van der Waals surface area contributed by atoms with E-state index in [2.05, 4.69) is 0 Å². The van der Waals surface area contributed by atoms with Crippen LogP contribution in [0.25, 0.3) is 0 Å². The summed E-state index contributed by atoms with van der Waals surface area (Å²) in [5.41, 5.74) is 5.28. The van der Waals surface area contributed by atoms with Crippen molar-refractivity contribution in [3.8, 4) is 0 Å². The van der Waals surface area contributed by atoms with Gasteiger partial charge in [-0.3, -0.25) is 9.59 Å². The molecule has 2 amide bonds. The molecule has 2 N–H and O–H groups in total. The zero-order valence-electron chi connectivity index (χ0n) is 11.6. The van der Waals surface area contributed by atoms with Crippen molar-refractivity contribution in [3.05, 3.63) is 0 Å². The molecule has 0 aliphatic carbocycles. The summed E-state index contributed by atoms with van der Waals surface area (Å²) in [6.07, 6.45) is 1.09. The maximum absolute atomic E-state index is 12.0. The molecule has 0 bridgehead atoms. The molecule has 17 heavy (non-hydrogen) atoms. The molecule has 0 saturated heterocycles. The lowest BCUT2D eigenvalue weighted by Crippen LogP contribution is -2.45. The van der Waals surface area contributed by atoms with Crippen molar-refractivity contribution in [1.29, 1.82) is 0 Å². The highest BCUT2D eigenvalue weighted by Gasteiger charge is 2.23. The molecule has 0 aliphatic heterocycles. The van der Waals surface area contributed by atoms with E-state index in [4.69, 9.17) is 5.73 Å². The Hall–Kier alpha value is -1.10. The third-order valence-electron chi connectivity index (χ3n) is 2.28. The Balaban J connectivity index is 4.51. The molecule has 0 radical (unpaired) electrons. The molecule has 5 nitrogen and oxygen atoms in total. The van der Waals surface area contributed by atoms with Crippen molar-refractivity contribution >= 4 is 11.8 Å². The minimum atomic E-state index is -0.537. The monoisotopic (exact) mass is 243 g/mol. The maximum atomic E-state index is 12.0. The summed E-state index contributed by atoms with van der Waals surface area (Å²) in [5.74, 6) is -0.129. The van der Waals surface area contributed by atoms with E-state index in [1.165, 1.54) is 4.90 Å². The van der Waals surface area contributed by atoms with Crippen LogP contribution in [0.5, 0.6) is 0 Å². The van der Waals surface area contributed by atoms with E-state index in [9.17, 15) is 9.59 Å². The summed E-state index contributed by atoms with van der Waals surface area (Å²) in [7, 11) is 3.37. The van der Waals surface area contributed by atoms with Crippen molar-refractivity contribution in [1.82, 2.24) is 9.80 Å². The number of rotatable bonds is 6. The van der Waals surface area contributed by atoms with Crippen LogP contribution in [-0.2, 0) is 9.59 Å². The number of likely N-dealkylation sites (N-methyl/N-ethyl adjacent to an activating group) is 1. The second kappa shape index (κ2) is 6.59. The summed E-state index contributed by atoms with van der Waals surface area (Å²) in [6.45, 7) is 6.32. The normalized spacial score (nSPS) is 11.2. The number of nitrogens with zero attached hydrogens (tertiary/aromatic N) is 2. The van der Waals surface area contributed by atoms with Crippen molar-refractivity contribution in [2.24, 2.45) is 5.73 Å². The van der Waals surface area contributed by atoms with Gasteiger partial charge in [-0.1, -0.05) is 6.92 Å². The molecule has 0 atom stereocenters. The molecule has 0 rings (SSSR count). The van der Waals surface area contributed by atoms with Gasteiger partial charge >= 0.3 is 0 Å². The first-order valence-corrected chi connectivity index (χ1v) is 5.94. The first kappa shape index (κ1) is 15.9. The molecule has 0 unspecified atom stereocenters. The van der Waals surface area contributed by atoms with Crippen LogP contribution in [0.2, 0.25) is 0 Å². The zero-order chi connectivity index (χ0) is 13.6. The number of nitrogens with two attached hydrogens (primary N) is 1. The number of amides is 2. The SMILES string of the molecule is CCCN(CC(=O)N(C)C)C(=O)CC(C)(C)N. The van der Waals surface area contributed by atoms with Gasteiger partial charge in [0.15, 0.2) is 0 Å². The Morgan fingerprint density at radius 2 is 1.71 bits per heavy atom. The van der Waals surface area contributed by atoms with E-state index in [-0.39, 0.29) is 24.8 Å². The van der Waals surface area contributed by atoms with E-state index < -0.39 is 5.54 Å². The van der Waals surface area contributed by atoms with E-state index in [0.29, 0.717) is 6.54 Å². The van der Waals surface area contributed by atoms with Crippen molar-refractivity contribution in [3.63, 3.8) is 0 Å². The van der Waals surface area contributed by atoms with Gasteiger partial charge in [-0.15, -0.1) is 0 Å². The average molecular weight is 243 g/mol. The molecule has 0 heterocycles. The van der Waals surface area contributed by atoms with Crippen LogP contribution < -0.4 is 5.73 Å². The molecule has 0 aromatic rings. The Kier molecular flexibility index (Phi) is 6.16. The van der Waals surface area contributed by atoms with E-state index in [0.717, 1.165) is 6.42 Å². The van der Waals surface area contributed by atoms with Crippen LogP contribution in [0.15, 0.2) is 0 Å². The first-order valence-electron chi connectivity index (χ1n) is 5.94. The maximum Gasteiger partial charge on any atom is 0.241 e. The smallest absolute Gasteiger partial charge is 0.241 e. The van der Waals surface area contributed by atoms with Gasteiger partial charge in [0.2, 0.25) is 11.8 Å². The fraction of sp³-hybridized carbons (Fsp3) is 0.833. The van der Waals surface area contributed by atoms with Gasteiger partial charge in [0, 0.05) is 32.6 Å². The predicted molar refractivity (Wildman–Crippen MR) is 68.4 cm³/mol. The van der Waals surface area contributed by atoms with Crippen molar-refractivity contribution < 1.29 is 9.59 Å². The van der Waals surface area contributed by atoms with Gasteiger partial charge in [-0.25, -0.2) is 0 Å². The second-order valence-electron chi connectivity index (χ2n) is 5.27. The Labute approximate surface area is 104 Å². The van der Waals surface area contributed by atoms with E-state index in [1.54, 1.807) is 19.0 Å². The summed E-state index contributed by atoms with van der Waals surface area (Å²) in [5, 5.41) is 0. The molecule has 0 saturated carbocycles. The largest absolute Gasteiger partial charge is 0.347 e. The number of hydrogen-bond donors (Lipinski definition) is 1. The fourth-order valence-corrected chi connectivity index (χ4v) is 1.37. The highest BCUT2D eigenvalue weighted by Crippen LogP contribution is 2.08. The third-order valence-corrected chi connectivity index (χ3v) is 2.28. The molecule has 0 aromatic heterocycles. The molecular formula is C12H25N3O2. The van der Waals surface area contributed by atoms with Gasteiger partial charge in [0.05, 0.1) is 6.54 Å². The second-order valence-corrected chi connectivity index (χ2v) is 5.27. The zero-order valence-corrected chi connectivity index (χ0v) is 11.6. The van der Waals surface area contributed by atoms with Crippen LogP contribution >= 0.6 is 0 Å². The molecule has 100 valence electrons. The van der Waals surface area contributed by atoms with Gasteiger partial charge in [0.25, 0.3) is 0 Å². The minimum absolute atomic E-state index is 0.0606. The highest BCUT2D eigenvalue weighted by molar-refractivity contribution is 5.85. The fourth-order valence-electron chi connectivity index (χ4n) is 1.37. The van der Waals surface area contributed by atoms with Gasteiger partial charge < -0.3 is 15.5 Å². The molecule has 0 fully saturated rings. The molecule has 0 spiro atoms. The molecule has 0 aromatic carbocycles. The van der Waals surface area contributed by atoms with Crippen LogP contribution in [-0.4, -0.2) is 54.3 Å². The van der Waals surface area contributed by atoms with Crippen LogP contribution in [0.1, 0.15) is 33.6 Å². The number of carbonyl (C=O) groups is 2. The quantitative estimate of drug-likeness (QED) is 0.736. The topological polar surface area (TPSA) is 66.6 Å². The Morgan fingerprint density at radius 3 is 2.06 bits per heavy atom. The van der Waals surface area contributed by atoms with Crippen LogP contribution in [0, 0.1) is 0 Å². The first-order chi connectivity index (χ1) is 7.67. The van der Waals surface area contributed by atoms with Gasteiger partial charge in [0.1, 0.15) is 0 Å². The third kappa shape index (κ3) is 6.94. The van der Waals surface area contributed by atoms with Crippen molar-refractivity contribution in [2.75, 3.05) is 27.2 Å². The van der Waals surface area contributed by atoms with Crippen molar-refractivity contribution in [2.45, 2.75) is 39.2 Å². The lowest BCUT2D eigenvalue weighted by Gasteiger charge is -2.27. The number of hydrogen-bond acceptors (Lipinski definition) is 3. The minimum Gasteiger partial charge on any atom is -0.347 e. The lowest BCUT2D eigenvalue weighted by molar-refractivity contribution is -0.139. The lowest BCUT2D eigenvalue weighted by atomic mass is 10.0.